The molecule has 1 aliphatic carbocycles. The monoisotopic (exact) mass is 346 g/mol. The smallest absolute Gasteiger partial charge is 0.272 e. The lowest BCUT2D eigenvalue weighted by Crippen LogP contribution is -2.54. The van der Waals surface area contributed by atoms with Crippen LogP contribution in [0.3, 0.4) is 0 Å². The Balaban J connectivity index is 1.37. The van der Waals surface area contributed by atoms with E-state index in [0.29, 0.717) is 24.8 Å². The third-order valence-electron chi connectivity index (χ3n) is 5.57. The number of pyridine rings is 1. The highest BCUT2D eigenvalue weighted by Crippen LogP contribution is 2.33. The van der Waals surface area contributed by atoms with Crippen LogP contribution in [0.15, 0.2) is 24.4 Å². The van der Waals surface area contributed by atoms with Gasteiger partial charge in [0.1, 0.15) is 11.8 Å². The largest absolute Gasteiger partial charge is 0.381 e. The molecular weight excluding hydrogens is 320 g/mol. The number of nitrogens with zero attached hydrogens (tertiary/aromatic N) is 2. The fourth-order valence-electron chi connectivity index (χ4n) is 4.16. The number of hydrogen-bond acceptors (Lipinski definition) is 5. The lowest BCUT2D eigenvalue weighted by atomic mass is 10.0. The molecule has 6 heteroatoms. The predicted molar refractivity (Wildman–Crippen MR) is 91.3 cm³/mol. The maximum atomic E-state index is 12.8. The second kappa shape index (κ2) is 7.81. The summed E-state index contributed by atoms with van der Waals surface area (Å²) in [6.07, 6.45) is 5.78. The number of fused-ring (bicyclic) bond motifs is 1. The van der Waals surface area contributed by atoms with Crippen LogP contribution in [-0.4, -0.2) is 67.0 Å². The van der Waals surface area contributed by atoms with Crippen molar-refractivity contribution in [3.63, 3.8) is 0 Å². The second-order valence-electron chi connectivity index (χ2n) is 7.12. The summed E-state index contributed by atoms with van der Waals surface area (Å²) in [5.74, 6) is 0.589. The molecule has 0 spiro atoms. The second-order valence-corrected chi connectivity index (χ2v) is 7.12. The van der Waals surface area contributed by atoms with E-state index < -0.39 is 0 Å². The third kappa shape index (κ3) is 3.71. The first kappa shape index (κ1) is 16.9. The van der Waals surface area contributed by atoms with Crippen molar-refractivity contribution in [1.29, 1.82) is 0 Å². The van der Waals surface area contributed by atoms with Crippen molar-refractivity contribution in [1.82, 2.24) is 9.88 Å². The molecule has 0 radical (unpaired) electrons. The van der Waals surface area contributed by atoms with Crippen LogP contribution < -0.4 is 0 Å². The van der Waals surface area contributed by atoms with E-state index in [4.69, 9.17) is 14.2 Å². The van der Waals surface area contributed by atoms with Gasteiger partial charge in [-0.25, -0.2) is 0 Å². The van der Waals surface area contributed by atoms with Gasteiger partial charge < -0.3 is 19.1 Å². The van der Waals surface area contributed by atoms with Crippen molar-refractivity contribution in [2.24, 2.45) is 5.92 Å². The van der Waals surface area contributed by atoms with Crippen LogP contribution >= 0.6 is 0 Å². The summed E-state index contributed by atoms with van der Waals surface area (Å²) >= 11 is 0. The zero-order valence-electron chi connectivity index (χ0n) is 14.5. The van der Waals surface area contributed by atoms with Crippen LogP contribution in [0.4, 0.5) is 0 Å². The number of hydrogen-bond donors (Lipinski definition) is 0. The molecule has 3 fully saturated rings. The SMILES string of the molecule is O=C(c1ccccn1)N1CCO[C@@H]2[C@H]1CC[C@H]2OCC1CCOCC1. The summed E-state index contributed by atoms with van der Waals surface area (Å²) in [5, 5.41) is 0. The van der Waals surface area contributed by atoms with Crippen LogP contribution in [0, 0.1) is 5.92 Å². The number of ether oxygens (including phenoxy) is 3. The number of amides is 1. The Labute approximate surface area is 148 Å². The average Bonchev–Trinajstić information content (AvgIpc) is 3.10. The van der Waals surface area contributed by atoms with Gasteiger partial charge in [0.15, 0.2) is 0 Å². The lowest BCUT2D eigenvalue weighted by Gasteiger charge is -2.39. The van der Waals surface area contributed by atoms with Crippen molar-refractivity contribution >= 4 is 5.91 Å². The molecule has 3 aliphatic rings. The van der Waals surface area contributed by atoms with Gasteiger partial charge in [-0.05, 0) is 43.7 Å². The van der Waals surface area contributed by atoms with Gasteiger partial charge in [0.25, 0.3) is 5.91 Å². The molecule has 0 bridgehead atoms. The molecule has 1 aromatic rings. The zero-order chi connectivity index (χ0) is 17.1. The molecular formula is C19H26N2O4. The maximum Gasteiger partial charge on any atom is 0.272 e. The van der Waals surface area contributed by atoms with E-state index in [1.54, 1.807) is 12.3 Å². The van der Waals surface area contributed by atoms with Gasteiger partial charge >= 0.3 is 0 Å². The molecule has 0 aromatic carbocycles. The molecule has 1 aromatic heterocycles. The van der Waals surface area contributed by atoms with Crippen LogP contribution in [0.5, 0.6) is 0 Å². The van der Waals surface area contributed by atoms with Crippen molar-refractivity contribution in [3.05, 3.63) is 30.1 Å². The van der Waals surface area contributed by atoms with Gasteiger partial charge in [-0.1, -0.05) is 6.07 Å². The predicted octanol–water partition coefficient (Wildman–Crippen LogP) is 1.90. The summed E-state index contributed by atoms with van der Waals surface area (Å²) in [5.41, 5.74) is 0.509. The molecule has 4 rings (SSSR count). The summed E-state index contributed by atoms with van der Waals surface area (Å²) in [6.45, 7) is 3.65. The van der Waals surface area contributed by atoms with Crippen LogP contribution in [0.1, 0.15) is 36.2 Å². The maximum absolute atomic E-state index is 12.8. The summed E-state index contributed by atoms with van der Waals surface area (Å²) < 4.78 is 17.6. The van der Waals surface area contributed by atoms with Crippen LogP contribution in [-0.2, 0) is 14.2 Å². The highest BCUT2D eigenvalue weighted by Gasteiger charge is 2.45. The molecule has 2 saturated heterocycles. The first-order valence-electron chi connectivity index (χ1n) is 9.36. The molecule has 0 unspecified atom stereocenters. The molecule has 1 saturated carbocycles. The minimum Gasteiger partial charge on any atom is -0.381 e. The summed E-state index contributed by atoms with van der Waals surface area (Å²) in [7, 11) is 0. The van der Waals surface area contributed by atoms with E-state index >= 15 is 0 Å². The number of rotatable bonds is 4. The number of aromatic nitrogens is 1. The number of carbonyl (C=O) groups is 1. The standard InChI is InChI=1S/C19H26N2O4/c22-19(15-3-1-2-8-20-15)21-9-12-24-18-16(21)4-5-17(18)25-13-14-6-10-23-11-7-14/h1-3,8,14,16-18H,4-7,9-13H2/t16-,17-,18-/m1/s1. The van der Waals surface area contributed by atoms with Gasteiger partial charge in [0, 0.05) is 26.0 Å². The Bertz CT molecular complexity index is 576. The Kier molecular flexibility index (Phi) is 5.29. The molecule has 3 atom stereocenters. The number of carbonyl (C=O) groups excluding carboxylic acids is 1. The van der Waals surface area contributed by atoms with Crippen LogP contribution in [0.25, 0.3) is 0 Å². The van der Waals surface area contributed by atoms with Gasteiger partial charge in [-0.2, -0.15) is 0 Å². The van der Waals surface area contributed by atoms with E-state index in [9.17, 15) is 4.79 Å². The molecule has 2 aliphatic heterocycles. The van der Waals surface area contributed by atoms with Crippen molar-refractivity contribution in [2.45, 2.75) is 43.9 Å². The van der Waals surface area contributed by atoms with Crippen molar-refractivity contribution < 1.29 is 19.0 Å². The van der Waals surface area contributed by atoms with E-state index in [1.165, 1.54) is 0 Å². The average molecular weight is 346 g/mol. The first-order valence-corrected chi connectivity index (χ1v) is 9.36. The summed E-state index contributed by atoms with van der Waals surface area (Å²) in [6, 6.07) is 5.56. The van der Waals surface area contributed by atoms with E-state index in [2.05, 4.69) is 4.98 Å². The van der Waals surface area contributed by atoms with Crippen molar-refractivity contribution in [3.8, 4) is 0 Å². The van der Waals surface area contributed by atoms with Gasteiger partial charge in [-0.15, -0.1) is 0 Å². The third-order valence-corrected chi connectivity index (χ3v) is 5.57. The van der Waals surface area contributed by atoms with E-state index in [0.717, 1.165) is 45.5 Å². The topological polar surface area (TPSA) is 60.9 Å². The molecule has 1 amide bonds. The minimum absolute atomic E-state index is 0.00368. The lowest BCUT2D eigenvalue weighted by molar-refractivity contribution is -0.113. The van der Waals surface area contributed by atoms with E-state index in [1.807, 2.05) is 17.0 Å². The Morgan fingerprint density at radius 1 is 1.20 bits per heavy atom. The quantitative estimate of drug-likeness (QED) is 0.833. The fraction of sp³-hybridized carbons (Fsp3) is 0.684. The van der Waals surface area contributed by atoms with Gasteiger partial charge in [0.2, 0.25) is 0 Å². The minimum atomic E-state index is -0.0127. The highest BCUT2D eigenvalue weighted by atomic mass is 16.5. The van der Waals surface area contributed by atoms with Gasteiger partial charge in [-0.3, -0.25) is 9.78 Å². The van der Waals surface area contributed by atoms with Gasteiger partial charge in [0.05, 0.1) is 25.4 Å². The molecule has 6 nitrogen and oxygen atoms in total. The van der Waals surface area contributed by atoms with Crippen LogP contribution in [0.2, 0.25) is 0 Å². The summed E-state index contributed by atoms with van der Waals surface area (Å²) in [4.78, 5) is 19.0. The molecule has 136 valence electrons. The Morgan fingerprint density at radius 2 is 2.08 bits per heavy atom. The van der Waals surface area contributed by atoms with Crippen molar-refractivity contribution in [2.75, 3.05) is 33.0 Å². The first-order chi connectivity index (χ1) is 12.3. The Hall–Kier alpha value is -1.50. The molecule has 3 heterocycles. The number of morpholine rings is 1. The molecule has 0 N–H and O–H groups in total. The fourth-order valence-corrected chi connectivity index (χ4v) is 4.16. The normalized spacial score (nSPS) is 30.2. The molecule has 25 heavy (non-hydrogen) atoms. The van der Waals surface area contributed by atoms with E-state index in [-0.39, 0.29) is 24.2 Å². The highest BCUT2D eigenvalue weighted by molar-refractivity contribution is 5.92. The zero-order valence-corrected chi connectivity index (χ0v) is 14.5. The Morgan fingerprint density at radius 3 is 2.88 bits per heavy atom.